The average molecular weight is 274 g/mol. The molecule has 0 atom stereocenters. The topological polar surface area (TPSA) is 50.4 Å². The molecule has 2 N–H and O–H groups in total. The summed E-state index contributed by atoms with van der Waals surface area (Å²) in [6, 6.07) is 8.53. The van der Waals surface area contributed by atoms with Gasteiger partial charge in [0.05, 0.1) is 6.61 Å². The third kappa shape index (κ3) is 3.44. The van der Waals surface area contributed by atoms with Gasteiger partial charge in [-0.05, 0) is 68.7 Å². The molecular weight excluding hydrogens is 252 g/mol. The summed E-state index contributed by atoms with van der Waals surface area (Å²) in [5, 5.41) is 6.37. The van der Waals surface area contributed by atoms with Gasteiger partial charge in [0.15, 0.2) is 0 Å². The van der Waals surface area contributed by atoms with Crippen LogP contribution in [-0.2, 0) is 4.74 Å². The number of nitrogens with one attached hydrogen (secondary N) is 2. The van der Waals surface area contributed by atoms with Crippen LogP contribution in [0.15, 0.2) is 24.3 Å². The van der Waals surface area contributed by atoms with Gasteiger partial charge in [0, 0.05) is 17.4 Å². The summed E-state index contributed by atoms with van der Waals surface area (Å²) in [5.41, 5.74) is 1.91. The molecule has 3 rings (SSSR count). The standard InChI is InChI=1S/C16H22N2O2/c1-2-20-16(19)18-14-9-7-13(8-10-14)17-15(11-3-4-11)12-5-6-12/h7-12,15,17H,2-6H2,1H3,(H,18,19). The fraction of sp³-hybridized carbons (Fsp3) is 0.562. The Bertz CT molecular complexity index is 452. The first-order valence-electron chi connectivity index (χ1n) is 7.56. The zero-order valence-electron chi connectivity index (χ0n) is 11.9. The first-order chi connectivity index (χ1) is 9.76. The maximum atomic E-state index is 11.3. The molecule has 0 spiro atoms. The third-order valence-electron chi connectivity index (χ3n) is 4.00. The van der Waals surface area contributed by atoms with Crippen LogP contribution in [0.25, 0.3) is 0 Å². The molecule has 108 valence electrons. The largest absolute Gasteiger partial charge is 0.450 e. The van der Waals surface area contributed by atoms with E-state index < -0.39 is 6.09 Å². The summed E-state index contributed by atoms with van der Waals surface area (Å²) in [5.74, 6) is 1.75. The van der Waals surface area contributed by atoms with Crippen LogP contribution in [0, 0.1) is 11.8 Å². The second kappa shape index (κ2) is 5.73. The Morgan fingerprint density at radius 3 is 2.20 bits per heavy atom. The van der Waals surface area contributed by atoms with Crippen molar-refractivity contribution in [2.24, 2.45) is 11.8 Å². The van der Waals surface area contributed by atoms with Crippen LogP contribution in [0.5, 0.6) is 0 Å². The lowest BCUT2D eigenvalue weighted by Gasteiger charge is -2.19. The van der Waals surface area contributed by atoms with Crippen molar-refractivity contribution in [2.75, 3.05) is 17.2 Å². The van der Waals surface area contributed by atoms with E-state index in [9.17, 15) is 4.79 Å². The smallest absolute Gasteiger partial charge is 0.411 e. The summed E-state index contributed by atoms with van der Waals surface area (Å²) in [6.07, 6.45) is 5.09. The molecule has 1 aromatic rings. The second-order valence-corrected chi connectivity index (χ2v) is 5.77. The van der Waals surface area contributed by atoms with Crippen molar-refractivity contribution in [3.63, 3.8) is 0 Å². The van der Waals surface area contributed by atoms with E-state index in [1.165, 1.54) is 25.7 Å². The lowest BCUT2D eigenvalue weighted by atomic mass is 10.1. The molecule has 0 radical (unpaired) electrons. The third-order valence-corrected chi connectivity index (χ3v) is 4.00. The molecule has 0 aliphatic heterocycles. The molecule has 0 saturated heterocycles. The van der Waals surface area contributed by atoms with Crippen molar-refractivity contribution in [3.8, 4) is 0 Å². The lowest BCUT2D eigenvalue weighted by molar-refractivity contribution is 0.168. The van der Waals surface area contributed by atoms with Crippen LogP contribution in [0.4, 0.5) is 16.2 Å². The number of hydrogen-bond acceptors (Lipinski definition) is 3. The molecule has 0 aromatic heterocycles. The van der Waals surface area contributed by atoms with Crippen LogP contribution in [-0.4, -0.2) is 18.7 Å². The Hall–Kier alpha value is -1.71. The minimum atomic E-state index is -0.401. The number of rotatable bonds is 6. The van der Waals surface area contributed by atoms with E-state index in [2.05, 4.69) is 10.6 Å². The highest BCUT2D eigenvalue weighted by Gasteiger charge is 2.41. The van der Waals surface area contributed by atoms with Gasteiger partial charge in [-0.1, -0.05) is 0 Å². The van der Waals surface area contributed by atoms with Crippen molar-refractivity contribution in [1.29, 1.82) is 0 Å². The molecule has 4 heteroatoms. The zero-order valence-corrected chi connectivity index (χ0v) is 11.9. The molecule has 2 saturated carbocycles. The van der Waals surface area contributed by atoms with Crippen LogP contribution in [0.2, 0.25) is 0 Å². The van der Waals surface area contributed by atoms with Gasteiger partial charge in [-0.2, -0.15) is 0 Å². The van der Waals surface area contributed by atoms with Crippen molar-refractivity contribution >= 4 is 17.5 Å². The van der Waals surface area contributed by atoms with E-state index in [1.54, 1.807) is 6.92 Å². The van der Waals surface area contributed by atoms with E-state index in [1.807, 2.05) is 24.3 Å². The number of carbonyl (C=O) groups is 1. The van der Waals surface area contributed by atoms with Gasteiger partial charge in [-0.25, -0.2) is 4.79 Å². The molecule has 1 aromatic carbocycles. The Balaban J connectivity index is 1.56. The maximum absolute atomic E-state index is 11.3. The molecule has 2 aliphatic carbocycles. The Kier molecular flexibility index (Phi) is 3.81. The van der Waals surface area contributed by atoms with Crippen molar-refractivity contribution in [3.05, 3.63) is 24.3 Å². The summed E-state index contributed by atoms with van der Waals surface area (Å²) in [4.78, 5) is 11.3. The predicted molar refractivity (Wildman–Crippen MR) is 79.9 cm³/mol. The average Bonchev–Trinajstić information content (AvgIpc) is 3.30. The molecule has 20 heavy (non-hydrogen) atoms. The minimum absolute atomic E-state index is 0.385. The molecule has 4 nitrogen and oxygen atoms in total. The summed E-state index contributed by atoms with van der Waals surface area (Å²) >= 11 is 0. The number of hydrogen-bond donors (Lipinski definition) is 2. The SMILES string of the molecule is CCOC(=O)Nc1ccc(NC(C2CC2)C2CC2)cc1. The first kappa shape index (κ1) is 13.3. The Morgan fingerprint density at radius 2 is 1.70 bits per heavy atom. The minimum Gasteiger partial charge on any atom is -0.450 e. The predicted octanol–water partition coefficient (Wildman–Crippen LogP) is 3.86. The monoisotopic (exact) mass is 274 g/mol. The summed E-state index contributed by atoms with van der Waals surface area (Å²) in [7, 11) is 0. The quantitative estimate of drug-likeness (QED) is 0.828. The number of benzene rings is 1. The highest BCUT2D eigenvalue weighted by Crippen LogP contribution is 2.45. The number of ether oxygens (including phenoxy) is 1. The first-order valence-corrected chi connectivity index (χ1v) is 7.56. The molecule has 0 heterocycles. The Morgan fingerprint density at radius 1 is 1.15 bits per heavy atom. The van der Waals surface area contributed by atoms with E-state index in [-0.39, 0.29) is 0 Å². The van der Waals surface area contributed by atoms with E-state index in [0.717, 1.165) is 23.2 Å². The van der Waals surface area contributed by atoms with Gasteiger partial charge in [-0.3, -0.25) is 5.32 Å². The van der Waals surface area contributed by atoms with E-state index in [4.69, 9.17) is 4.74 Å². The van der Waals surface area contributed by atoms with Crippen LogP contribution < -0.4 is 10.6 Å². The van der Waals surface area contributed by atoms with Crippen LogP contribution in [0.1, 0.15) is 32.6 Å². The highest BCUT2D eigenvalue weighted by molar-refractivity contribution is 5.84. The second-order valence-electron chi connectivity index (χ2n) is 5.77. The van der Waals surface area contributed by atoms with Crippen LogP contribution in [0.3, 0.4) is 0 Å². The number of carbonyl (C=O) groups excluding carboxylic acids is 1. The van der Waals surface area contributed by atoms with E-state index in [0.29, 0.717) is 12.6 Å². The summed E-state index contributed by atoms with van der Waals surface area (Å²) in [6.45, 7) is 2.18. The highest BCUT2D eigenvalue weighted by atomic mass is 16.5. The van der Waals surface area contributed by atoms with Gasteiger partial charge in [-0.15, -0.1) is 0 Å². The molecular formula is C16H22N2O2. The van der Waals surface area contributed by atoms with Gasteiger partial charge in [0.2, 0.25) is 0 Å². The lowest BCUT2D eigenvalue weighted by Crippen LogP contribution is -2.24. The fourth-order valence-corrected chi connectivity index (χ4v) is 2.66. The number of amides is 1. The van der Waals surface area contributed by atoms with Crippen molar-refractivity contribution in [2.45, 2.75) is 38.6 Å². The molecule has 1 amide bonds. The molecule has 0 unspecified atom stereocenters. The molecule has 0 bridgehead atoms. The van der Waals surface area contributed by atoms with Gasteiger partial charge >= 0.3 is 6.09 Å². The van der Waals surface area contributed by atoms with Crippen molar-refractivity contribution in [1.82, 2.24) is 0 Å². The van der Waals surface area contributed by atoms with Gasteiger partial charge in [0.1, 0.15) is 0 Å². The van der Waals surface area contributed by atoms with Crippen LogP contribution >= 0.6 is 0 Å². The maximum Gasteiger partial charge on any atom is 0.411 e. The molecule has 2 fully saturated rings. The molecule has 2 aliphatic rings. The Labute approximate surface area is 119 Å². The normalized spacial score (nSPS) is 17.9. The number of anilines is 2. The van der Waals surface area contributed by atoms with Gasteiger partial charge in [0.25, 0.3) is 0 Å². The fourth-order valence-electron chi connectivity index (χ4n) is 2.66. The zero-order chi connectivity index (χ0) is 13.9. The van der Waals surface area contributed by atoms with E-state index >= 15 is 0 Å². The van der Waals surface area contributed by atoms with Crippen molar-refractivity contribution < 1.29 is 9.53 Å². The van der Waals surface area contributed by atoms with Gasteiger partial charge < -0.3 is 10.1 Å². The summed E-state index contributed by atoms with van der Waals surface area (Å²) < 4.78 is 4.85.